The van der Waals surface area contributed by atoms with Gasteiger partial charge in [0.25, 0.3) is 0 Å². The molecule has 0 fully saturated rings. The highest BCUT2D eigenvalue weighted by Crippen LogP contribution is 2.30. The van der Waals surface area contributed by atoms with Crippen molar-refractivity contribution in [2.45, 2.75) is 13.0 Å². The fourth-order valence-electron chi connectivity index (χ4n) is 2.20. The Morgan fingerprint density at radius 1 is 1.43 bits per heavy atom. The summed E-state index contributed by atoms with van der Waals surface area (Å²) in [4.78, 5) is 11.6. The average molecular weight is 293 g/mol. The Hall–Kier alpha value is -2.57. The molecular formula is C14H16FN3O3. The second-order valence-corrected chi connectivity index (χ2v) is 4.55. The maximum absolute atomic E-state index is 12.9. The van der Waals surface area contributed by atoms with E-state index in [0.29, 0.717) is 22.8 Å². The van der Waals surface area contributed by atoms with Crippen LogP contribution in [0.5, 0.6) is 5.88 Å². The third-order valence-electron chi connectivity index (χ3n) is 3.10. The van der Waals surface area contributed by atoms with Crippen LogP contribution in [-0.2, 0) is 11.8 Å². The third-order valence-corrected chi connectivity index (χ3v) is 3.10. The lowest BCUT2D eigenvalue weighted by atomic mass is 10.1. The molecule has 0 aliphatic rings. The Kier molecular flexibility index (Phi) is 4.11. The molecule has 0 saturated carbocycles. The van der Waals surface area contributed by atoms with E-state index >= 15 is 0 Å². The predicted molar refractivity (Wildman–Crippen MR) is 74.9 cm³/mol. The first-order chi connectivity index (χ1) is 9.93. The van der Waals surface area contributed by atoms with Crippen molar-refractivity contribution in [1.29, 1.82) is 0 Å². The lowest BCUT2D eigenvalue weighted by Gasteiger charge is -2.17. The first kappa shape index (κ1) is 14.8. The van der Waals surface area contributed by atoms with Gasteiger partial charge in [-0.2, -0.15) is 5.10 Å². The van der Waals surface area contributed by atoms with Gasteiger partial charge >= 0.3 is 5.97 Å². The molecule has 0 bridgehead atoms. The minimum absolute atomic E-state index is 0.370. The molecule has 1 aromatic heterocycles. The molecule has 0 spiro atoms. The predicted octanol–water partition coefficient (Wildman–Crippen LogP) is 2.11. The zero-order chi connectivity index (χ0) is 15.6. The van der Waals surface area contributed by atoms with Crippen LogP contribution in [0.4, 0.5) is 10.1 Å². The SMILES string of the molecule is COc1c(C(Nc2ccc(F)cc2)C(=O)O)c(C)nn1C. The Bertz CT molecular complexity index is 652. The number of methoxy groups -OCH3 is 1. The number of rotatable bonds is 5. The molecule has 2 aromatic rings. The number of hydrogen-bond donors (Lipinski definition) is 2. The van der Waals surface area contributed by atoms with Gasteiger partial charge in [-0.05, 0) is 31.2 Å². The Morgan fingerprint density at radius 3 is 2.57 bits per heavy atom. The molecule has 1 atom stereocenters. The number of aromatic nitrogens is 2. The van der Waals surface area contributed by atoms with Crippen molar-refractivity contribution in [3.63, 3.8) is 0 Å². The molecule has 0 amide bonds. The van der Waals surface area contributed by atoms with Crippen LogP contribution < -0.4 is 10.1 Å². The highest BCUT2D eigenvalue weighted by atomic mass is 19.1. The minimum atomic E-state index is -1.08. The molecule has 0 radical (unpaired) electrons. The van der Waals surface area contributed by atoms with E-state index < -0.39 is 12.0 Å². The quantitative estimate of drug-likeness (QED) is 0.883. The van der Waals surface area contributed by atoms with Crippen molar-refractivity contribution in [2.75, 3.05) is 12.4 Å². The molecule has 1 heterocycles. The van der Waals surface area contributed by atoms with Crippen LogP contribution in [-0.4, -0.2) is 28.0 Å². The summed E-state index contributed by atoms with van der Waals surface area (Å²) in [6.45, 7) is 1.71. The number of ether oxygens (including phenoxy) is 1. The summed E-state index contributed by atoms with van der Waals surface area (Å²) < 4.78 is 19.6. The molecule has 21 heavy (non-hydrogen) atoms. The summed E-state index contributed by atoms with van der Waals surface area (Å²) in [7, 11) is 3.13. The van der Waals surface area contributed by atoms with E-state index in [4.69, 9.17) is 4.74 Å². The maximum Gasteiger partial charge on any atom is 0.331 e. The molecule has 1 unspecified atom stereocenters. The topological polar surface area (TPSA) is 76.4 Å². The van der Waals surface area contributed by atoms with Crippen molar-refractivity contribution in [2.24, 2.45) is 7.05 Å². The van der Waals surface area contributed by atoms with Gasteiger partial charge in [0.2, 0.25) is 5.88 Å². The molecular weight excluding hydrogens is 277 g/mol. The highest BCUT2D eigenvalue weighted by molar-refractivity contribution is 5.80. The number of anilines is 1. The van der Waals surface area contributed by atoms with Gasteiger partial charge in [-0.15, -0.1) is 0 Å². The Morgan fingerprint density at radius 2 is 2.05 bits per heavy atom. The van der Waals surface area contributed by atoms with Crippen molar-refractivity contribution in [3.05, 3.63) is 41.3 Å². The number of hydrogen-bond acceptors (Lipinski definition) is 4. The first-order valence-electron chi connectivity index (χ1n) is 6.26. The van der Waals surface area contributed by atoms with Crippen molar-refractivity contribution in [1.82, 2.24) is 9.78 Å². The molecule has 2 rings (SSSR count). The number of carbonyl (C=O) groups is 1. The van der Waals surface area contributed by atoms with E-state index in [2.05, 4.69) is 10.4 Å². The van der Waals surface area contributed by atoms with Crippen molar-refractivity contribution in [3.8, 4) is 5.88 Å². The smallest absolute Gasteiger partial charge is 0.331 e. The van der Waals surface area contributed by atoms with Crippen molar-refractivity contribution < 1.29 is 19.0 Å². The van der Waals surface area contributed by atoms with Crippen LogP contribution in [0.25, 0.3) is 0 Å². The summed E-state index contributed by atoms with van der Waals surface area (Å²) in [5.41, 5.74) is 1.49. The van der Waals surface area contributed by atoms with Gasteiger partial charge in [-0.1, -0.05) is 0 Å². The normalized spacial score (nSPS) is 12.0. The van der Waals surface area contributed by atoms with E-state index in [1.165, 1.54) is 36.1 Å². The minimum Gasteiger partial charge on any atom is -0.481 e. The largest absolute Gasteiger partial charge is 0.481 e. The number of carboxylic acid groups (broad SMARTS) is 1. The number of benzene rings is 1. The van der Waals surface area contributed by atoms with E-state index in [0.717, 1.165) is 0 Å². The molecule has 1 aromatic carbocycles. The summed E-state index contributed by atoms with van der Waals surface area (Å²) >= 11 is 0. The van der Waals surface area contributed by atoms with Crippen LogP contribution in [0.3, 0.4) is 0 Å². The summed E-state index contributed by atoms with van der Waals surface area (Å²) in [5.74, 6) is -1.09. The monoisotopic (exact) mass is 293 g/mol. The molecule has 0 saturated heterocycles. The molecule has 6 nitrogen and oxygen atoms in total. The number of aliphatic carboxylic acids is 1. The second kappa shape index (κ2) is 5.82. The summed E-state index contributed by atoms with van der Waals surface area (Å²) in [6.07, 6.45) is 0. The first-order valence-corrected chi connectivity index (χ1v) is 6.26. The van der Waals surface area contributed by atoms with Crippen LogP contribution in [0.2, 0.25) is 0 Å². The number of aryl methyl sites for hydroxylation is 2. The van der Waals surface area contributed by atoms with Crippen LogP contribution in [0.15, 0.2) is 24.3 Å². The fraction of sp³-hybridized carbons (Fsp3) is 0.286. The number of nitrogens with zero attached hydrogens (tertiary/aromatic N) is 2. The molecule has 7 heteroatoms. The lowest BCUT2D eigenvalue weighted by molar-refractivity contribution is -0.138. The van der Waals surface area contributed by atoms with Crippen LogP contribution >= 0.6 is 0 Å². The summed E-state index contributed by atoms with van der Waals surface area (Å²) in [6, 6.07) is 4.43. The average Bonchev–Trinajstić information content (AvgIpc) is 2.71. The lowest BCUT2D eigenvalue weighted by Crippen LogP contribution is -2.21. The van der Waals surface area contributed by atoms with Gasteiger partial charge in [-0.25, -0.2) is 13.9 Å². The Balaban J connectivity index is 2.40. The van der Waals surface area contributed by atoms with Gasteiger partial charge in [0.15, 0.2) is 6.04 Å². The van der Waals surface area contributed by atoms with Crippen LogP contribution in [0, 0.1) is 12.7 Å². The van der Waals surface area contributed by atoms with Gasteiger partial charge in [0, 0.05) is 12.7 Å². The number of nitrogens with one attached hydrogen (secondary N) is 1. The van der Waals surface area contributed by atoms with E-state index in [-0.39, 0.29) is 5.82 Å². The van der Waals surface area contributed by atoms with Gasteiger partial charge in [-0.3, -0.25) is 0 Å². The summed E-state index contributed by atoms with van der Waals surface area (Å²) in [5, 5.41) is 16.5. The van der Waals surface area contributed by atoms with E-state index in [9.17, 15) is 14.3 Å². The molecule has 0 aliphatic carbocycles. The third kappa shape index (κ3) is 2.96. The molecule has 112 valence electrons. The number of halogens is 1. The van der Waals surface area contributed by atoms with Gasteiger partial charge in [0.05, 0.1) is 18.4 Å². The zero-order valence-corrected chi connectivity index (χ0v) is 11.9. The highest BCUT2D eigenvalue weighted by Gasteiger charge is 2.29. The van der Waals surface area contributed by atoms with E-state index in [1.807, 2.05) is 0 Å². The Labute approximate surface area is 121 Å². The zero-order valence-electron chi connectivity index (χ0n) is 11.9. The van der Waals surface area contributed by atoms with Gasteiger partial charge in [0.1, 0.15) is 5.82 Å². The second-order valence-electron chi connectivity index (χ2n) is 4.55. The van der Waals surface area contributed by atoms with Gasteiger partial charge < -0.3 is 15.2 Å². The maximum atomic E-state index is 12.9. The molecule has 0 aliphatic heterocycles. The standard InChI is InChI=1S/C14H16FN3O3/c1-8-11(13(21-3)18(2)17-8)12(14(19)20)16-10-6-4-9(15)5-7-10/h4-7,12,16H,1-3H3,(H,19,20). The fourth-order valence-corrected chi connectivity index (χ4v) is 2.20. The van der Waals surface area contributed by atoms with Crippen LogP contribution in [0.1, 0.15) is 17.3 Å². The number of carboxylic acids is 1. The van der Waals surface area contributed by atoms with Crippen molar-refractivity contribution >= 4 is 11.7 Å². The van der Waals surface area contributed by atoms with E-state index in [1.54, 1.807) is 14.0 Å². The molecule has 2 N–H and O–H groups in total.